The molecule has 0 spiro atoms. The molecule has 25 heavy (non-hydrogen) atoms. The zero-order chi connectivity index (χ0) is 18.0. The number of amides is 1. The molecule has 0 radical (unpaired) electrons. The summed E-state index contributed by atoms with van der Waals surface area (Å²) in [5, 5.41) is 9.81. The van der Waals surface area contributed by atoms with Crippen LogP contribution in [0.3, 0.4) is 0 Å². The van der Waals surface area contributed by atoms with Gasteiger partial charge in [-0.1, -0.05) is 10.8 Å². The number of pyridine rings is 1. The van der Waals surface area contributed by atoms with Crippen molar-refractivity contribution in [1.29, 1.82) is 0 Å². The van der Waals surface area contributed by atoms with Crippen LogP contribution in [0, 0.1) is 0 Å². The van der Waals surface area contributed by atoms with Crippen molar-refractivity contribution in [1.82, 2.24) is 4.90 Å². The van der Waals surface area contributed by atoms with Crippen molar-refractivity contribution in [2.24, 2.45) is 0 Å². The third-order valence-electron chi connectivity index (χ3n) is 4.17. The molecule has 2 heterocycles. The van der Waals surface area contributed by atoms with Crippen LogP contribution >= 0.6 is 0 Å². The van der Waals surface area contributed by atoms with Crippen LogP contribution in [0.25, 0.3) is 0 Å². The van der Waals surface area contributed by atoms with Crippen LogP contribution in [0.5, 0.6) is 0 Å². The summed E-state index contributed by atoms with van der Waals surface area (Å²) in [6, 6.07) is 9.53. The number of rotatable bonds is 2. The number of aromatic nitrogens is 1. The second kappa shape index (κ2) is 6.62. The SMILES string of the molecule is O=C(c1ccc(C(F)(F)F)cc1)N1CCN(c2cccc[n+]2O)CC1. The predicted octanol–water partition coefficient (Wildman–Crippen LogP) is 2.19. The second-order valence-electron chi connectivity index (χ2n) is 5.76. The average Bonchev–Trinajstić information content (AvgIpc) is 2.61. The molecule has 5 nitrogen and oxygen atoms in total. The molecule has 1 aromatic carbocycles. The lowest BCUT2D eigenvalue weighted by Crippen LogP contribution is -2.52. The van der Waals surface area contributed by atoms with Gasteiger partial charge in [-0.3, -0.25) is 9.69 Å². The number of hydrogen-bond acceptors (Lipinski definition) is 3. The third-order valence-corrected chi connectivity index (χ3v) is 4.17. The molecule has 1 fully saturated rings. The molecule has 2 aromatic rings. The number of nitrogens with zero attached hydrogens (tertiary/aromatic N) is 3. The molecule has 1 aliphatic heterocycles. The minimum absolute atomic E-state index is 0.235. The van der Waals surface area contributed by atoms with Gasteiger partial charge >= 0.3 is 12.0 Å². The van der Waals surface area contributed by atoms with E-state index in [-0.39, 0.29) is 11.5 Å². The molecule has 1 aromatic heterocycles. The Hall–Kier alpha value is -2.77. The van der Waals surface area contributed by atoms with Crippen LogP contribution < -0.4 is 9.63 Å². The van der Waals surface area contributed by atoms with Crippen molar-refractivity contribution < 1.29 is 27.9 Å². The van der Waals surface area contributed by atoms with Gasteiger partial charge in [0.1, 0.15) is 19.3 Å². The Bertz CT molecular complexity index is 754. The van der Waals surface area contributed by atoms with Gasteiger partial charge in [0.05, 0.1) is 18.7 Å². The van der Waals surface area contributed by atoms with Gasteiger partial charge < -0.3 is 10.1 Å². The molecular formula is C17H17F3N3O2+. The fraction of sp³-hybridized carbons (Fsp3) is 0.294. The Balaban J connectivity index is 1.65. The minimum Gasteiger partial charge on any atom is -0.350 e. The first-order valence-electron chi connectivity index (χ1n) is 7.78. The van der Waals surface area contributed by atoms with E-state index in [1.165, 1.54) is 18.3 Å². The fourth-order valence-corrected chi connectivity index (χ4v) is 2.80. The zero-order valence-corrected chi connectivity index (χ0v) is 13.3. The average molecular weight is 352 g/mol. The number of carbonyl (C=O) groups excluding carboxylic acids is 1. The van der Waals surface area contributed by atoms with Crippen LogP contribution in [-0.2, 0) is 6.18 Å². The number of carbonyl (C=O) groups is 1. The van der Waals surface area contributed by atoms with Gasteiger partial charge in [-0.05, 0) is 30.3 Å². The summed E-state index contributed by atoms with van der Waals surface area (Å²) in [7, 11) is 0. The summed E-state index contributed by atoms with van der Waals surface area (Å²) in [4.78, 5) is 16.0. The number of halogens is 3. The van der Waals surface area contributed by atoms with E-state index in [2.05, 4.69) is 0 Å². The van der Waals surface area contributed by atoms with Gasteiger partial charge in [0.25, 0.3) is 5.91 Å². The lowest BCUT2D eigenvalue weighted by Gasteiger charge is -2.31. The highest BCUT2D eigenvalue weighted by Gasteiger charge is 2.31. The molecule has 0 atom stereocenters. The fourth-order valence-electron chi connectivity index (χ4n) is 2.80. The maximum Gasteiger partial charge on any atom is 0.416 e. The molecule has 0 unspecified atom stereocenters. The standard InChI is InChI=1S/C17H17F3N3O2/c18-17(19,20)14-6-4-13(5-7-14)16(24)22-11-9-21(10-12-22)15-3-1-2-8-23(15)25/h1-8,25H,9-12H2/q+1. The van der Waals surface area contributed by atoms with E-state index in [0.29, 0.717) is 32.0 Å². The lowest BCUT2D eigenvalue weighted by atomic mass is 10.1. The monoisotopic (exact) mass is 352 g/mol. The maximum absolute atomic E-state index is 12.6. The summed E-state index contributed by atoms with van der Waals surface area (Å²) in [5.74, 6) is 0.336. The largest absolute Gasteiger partial charge is 0.416 e. The van der Waals surface area contributed by atoms with Gasteiger partial charge in [-0.25, -0.2) is 0 Å². The molecular weight excluding hydrogens is 335 g/mol. The summed E-state index contributed by atoms with van der Waals surface area (Å²) in [5.41, 5.74) is -0.538. The van der Waals surface area contributed by atoms with Crippen molar-refractivity contribution in [2.75, 3.05) is 31.1 Å². The van der Waals surface area contributed by atoms with Crippen LogP contribution in [0.4, 0.5) is 19.0 Å². The first-order valence-corrected chi connectivity index (χ1v) is 7.78. The molecule has 0 saturated carbocycles. The highest BCUT2D eigenvalue weighted by atomic mass is 19.4. The highest BCUT2D eigenvalue weighted by molar-refractivity contribution is 5.94. The first-order chi connectivity index (χ1) is 11.9. The highest BCUT2D eigenvalue weighted by Crippen LogP contribution is 2.29. The van der Waals surface area contributed by atoms with Crippen molar-refractivity contribution in [3.05, 3.63) is 59.8 Å². The van der Waals surface area contributed by atoms with Crippen molar-refractivity contribution >= 4 is 11.7 Å². The van der Waals surface area contributed by atoms with Crippen molar-refractivity contribution in [3.63, 3.8) is 0 Å². The van der Waals surface area contributed by atoms with E-state index < -0.39 is 11.7 Å². The normalized spacial score (nSPS) is 15.3. The van der Waals surface area contributed by atoms with E-state index in [9.17, 15) is 23.2 Å². The topological polar surface area (TPSA) is 47.7 Å². The van der Waals surface area contributed by atoms with Gasteiger partial charge in [0.15, 0.2) is 0 Å². The van der Waals surface area contributed by atoms with E-state index in [4.69, 9.17) is 0 Å². The maximum atomic E-state index is 12.6. The molecule has 1 amide bonds. The summed E-state index contributed by atoms with van der Waals surface area (Å²) in [6.45, 7) is 1.90. The number of benzene rings is 1. The number of anilines is 1. The van der Waals surface area contributed by atoms with E-state index in [0.717, 1.165) is 16.9 Å². The third kappa shape index (κ3) is 3.67. The van der Waals surface area contributed by atoms with Crippen LogP contribution in [-0.4, -0.2) is 42.2 Å². The Morgan fingerprint density at radius 1 is 1.00 bits per heavy atom. The molecule has 1 saturated heterocycles. The molecule has 0 bridgehead atoms. The molecule has 132 valence electrons. The zero-order valence-electron chi connectivity index (χ0n) is 13.3. The lowest BCUT2D eigenvalue weighted by molar-refractivity contribution is -0.894. The van der Waals surface area contributed by atoms with E-state index >= 15 is 0 Å². The minimum atomic E-state index is -4.41. The Labute approximate surface area is 142 Å². The quantitative estimate of drug-likeness (QED) is 0.666. The van der Waals surface area contributed by atoms with Gasteiger partial charge in [0.2, 0.25) is 0 Å². The van der Waals surface area contributed by atoms with Crippen LogP contribution in [0.15, 0.2) is 48.7 Å². The first kappa shape index (κ1) is 17.1. The van der Waals surface area contributed by atoms with Gasteiger partial charge in [-0.15, -0.1) is 0 Å². The van der Waals surface area contributed by atoms with Crippen LogP contribution in [0.2, 0.25) is 0 Å². The smallest absolute Gasteiger partial charge is 0.350 e. The number of hydrogen-bond donors (Lipinski definition) is 1. The molecule has 1 aliphatic rings. The Morgan fingerprint density at radius 2 is 1.64 bits per heavy atom. The van der Waals surface area contributed by atoms with E-state index in [1.54, 1.807) is 17.0 Å². The number of piperazine rings is 1. The van der Waals surface area contributed by atoms with Gasteiger partial charge in [-0.2, -0.15) is 13.2 Å². The summed E-state index contributed by atoms with van der Waals surface area (Å²) < 4.78 is 38.8. The predicted molar refractivity (Wildman–Crippen MR) is 83.4 cm³/mol. The van der Waals surface area contributed by atoms with Gasteiger partial charge in [0, 0.05) is 11.6 Å². The summed E-state index contributed by atoms with van der Waals surface area (Å²) >= 11 is 0. The molecule has 0 aliphatic carbocycles. The van der Waals surface area contributed by atoms with Crippen LogP contribution in [0.1, 0.15) is 15.9 Å². The van der Waals surface area contributed by atoms with Crippen molar-refractivity contribution in [3.8, 4) is 0 Å². The van der Waals surface area contributed by atoms with E-state index in [1.807, 2.05) is 11.0 Å². The molecule has 1 N–H and O–H groups in total. The van der Waals surface area contributed by atoms with Crippen molar-refractivity contribution in [2.45, 2.75) is 6.18 Å². The second-order valence-corrected chi connectivity index (χ2v) is 5.76. The summed E-state index contributed by atoms with van der Waals surface area (Å²) in [6.07, 6.45) is -2.89. The molecule has 3 rings (SSSR count). The number of alkyl halides is 3. The molecule has 8 heteroatoms. The Kier molecular flexibility index (Phi) is 4.52. The Morgan fingerprint density at radius 3 is 2.20 bits per heavy atom.